The molecule has 10 nitrogen and oxygen atoms in total. The molecule has 0 amide bonds. The third kappa shape index (κ3) is 4.14. The molecular formula is C20H23N7O3. The van der Waals surface area contributed by atoms with Gasteiger partial charge in [-0.1, -0.05) is 11.3 Å². The molecule has 0 aliphatic heterocycles. The van der Waals surface area contributed by atoms with Crippen LogP contribution in [0.15, 0.2) is 34.7 Å². The number of pyridine rings is 1. The van der Waals surface area contributed by atoms with Gasteiger partial charge in [-0.05, 0) is 45.0 Å². The number of methoxy groups -OCH3 is 1. The zero-order valence-corrected chi connectivity index (χ0v) is 17.3. The van der Waals surface area contributed by atoms with Gasteiger partial charge < -0.3 is 19.6 Å². The molecular weight excluding hydrogens is 386 g/mol. The Morgan fingerprint density at radius 2 is 1.90 bits per heavy atom. The van der Waals surface area contributed by atoms with E-state index in [1.165, 1.54) is 0 Å². The summed E-state index contributed by atoms with van der Waals surface area (Å²) < 4.78 is 18.3. The van der Waals surface area contributed by atoms with Crippen molar-refractivity contribution in [2.75, 3.05) is 12.8 Å². The van der Waals surface area contributed by atoms with Gasteiger partial charge in [0, 0.05) is 7.11 Å². The first-order chi connectivity index (χ1) is 14.3. The molecule has 0 saturated heterocycles. The molecule has 2 N–H and O–H groups in total. The number of furan rings is 1. The molecule has 0 aliphatic rings. The van der Waals surface area contributed by atoms with Crippen molar-refractivity contribution in [1.82, 2.24) is 29.9 Å². The molecule has 0 radical (unpaired) electrons. The van der Waals surface area contributed by atoms with Crippen molar-refractivity contribution in [1.29, 1.82) is 0 Å². The Morgan fingerprint density at radius 1 is 1.10 bits per heavy atom. The van der Waals surface area contributed by atoms with Crippen LogP contribution >= 0.6 is 0 Å². The number of aromatic nitrogens is 6. The Balaban J connectivity index is 1.62. The average Bonchev–Trinajstić information content (AvgIpc) is 3.33. The van der Waals surface area contributed by atoms with Crippen molar-refractivity contribution in [3.8, 4) is 11.5 Å². The molecule has 0 fully saturated rings. The number of aryl methyl sites for hydroxylation is 1. The van der Waals surface area contributed by atoms with Gasteiger partial charge in [-0.3, -0.25) is 4.98 Å². The van der Waals surface area contributed by atoms with Crippen LogP contribution in [-0.2, 0) is 22.6 Å². The van der Waals surface area contributed by atoms with E-state index in [1.54, 1.807) is 11.8 Å². The summed E-state index contributed by atoms with van der Waals surface area (Å²) in [6, 6.07) is 9.39. The summed E-state index contributed by atoms with van der Waals surface area (Å²) in [5.41, 5.74) is 9.03. The molecule has 4 aromatic heterocycles. The molecule has 30 heavy (non-hydrogen) atoms. The van der Waals surface area contributed by atoms with Gasteiger partial charge in [-0.25, -0.2) is 9.67 Å². The molecule has 0 spiro atoms. The molecule has 10 heteroatoms. The summed E-state index contributed by atoms with van der Waals surface area (Å²) in [4.78, 5) is 13.2. The molecule has 4 rings (SSSR count). The summed E-state index contributed by atoms with van der Waals surface area (Å²) in [7, 11) is 1.60. The van der Waals surface area contributed by atoms with Crippen molar-refractivity contribution < 1.29 is 13.9 Å². The smallest absolute Gasteiger partial charge is 0.222 e. The lowest BCUT2D eigenvalue weighted by atomic mass is 10.2. The first-order valence-electron chi connectivity index (χ1n) is 9.42. The first-order valence-corrected chi connectivity index (χ1v) is 9.42. The second kappa shape index (κ2) is 7.81. The lowest BCUT2D eigenvalue weighted by molar-refractivity contribution is -0.204. The van der Waals surface area contributed by atoms with Crippen molar-refractivity contribution in [2.45, 2.75) is 39.7 Å². The van der Waals surface area contributed by atoms with Gasteiger partial charge in [-0.15, -0.1) is 5.10 Å². The summed E-state index contributed by atoms with van der Waals surface area (Å²) in [6.45, 7) is 6.24. The molecule has 0 bridgehead atoms. The largest absolute Gasteiger partial charge is 0.460 e. The lowest BCUT2D eigenvalue weighted by Gasteiger charge is -2.23. The predicted octanol–water partition coefficient (Wildman–Crippen LogP) is 2.71. The number of nitrogens with two attached hydrogens (primary N) is 1. The number of ether oxygens (including phenoxy) is 2. The topological polar surface area (TPSA) is 127 Å². The maximum absolute atomic E-state index is 5.93. The molecule has 0 aromatic carbocycles. The maximum Gasteiger partial charge on any atom is 0.222 e. The van der Waals surface area contributed by atoms with Crippen LogP contribution in [0.5, 0.6) is 0 Å². The van der Waals surface area contributed by atoms with Crippen LogP contribution in [0.3, 0.4) is 0 Å². The van der Waals surface area contributed by atoms with Crippen molar-refractivity contribution in [3.05, 3.63) is 47.5 Å². The number of fused-ring (bicyclic) bond motifs is 1. The van der Waals surface area contributed by atoms with E-state index in [4.69, 9.17) is 19.6 Å². The molecule has 0 unspecified atom stereocenters. The first kappa shape index (κ1) is 19.9. The Kier molecular flexibility index (Phi) is 5.18. The average molecular weight is 409 g/mol. The number of anilines is 1. The highest BCUT2D eigenvalue weighted by Crippen LogP contribution is 2.27. The van der Waals surface area contributed by atoms with Gasteiger partial charge in [0.2, 0.25) is 5.95 Å². The van der Waals surface area contributed by atoms with Gasteiger partial charge in [0.1, 0.15) is 11.5 Å². The van der Waals surface area contributed by atoms with E-state index in [-0.39, 0.29) is 5.95 Å². The summed E-state index contributed by atoms with van der Waals surface area (Å²) in [5.74, 6) is 0.765. The molecule has 0 aliphatic carbocycles. The highest BCUT2D eigenvalue weighted by molar-refractivity contribution is 5.86. The minimum atomic E-state index is -0.686. The minimum absolute atomic E-state index is 0.118. The number of nitrogens with zero attached hydrogens (tertiary/aromatic N) is 6. The summed E-state index contributed by atoms with van der Waals surface area (Å²) in [6.07, 6.45) is 0. The zero-order chi connectivity index (χ0) is 21.3. The van der Waals surface area contributed by atoms with Crippen LogP contribution in [-0.4, -0.2) is 42.8 Å². The van der Waals surface area contributed by atoms with Crippen LogP contribution in [0.25, 0.3) is 22.6 Å². The van der Waals surface area contributed by atoms with E-state index in [0.717, 1.165) is 17.1 Å². The Bertz CT molecular complexity index is 1180. The predicted molar refractivity (Wildman–Crippen MR) is 109 cm³/mol. The molecule has 4 aromatic rings. The van der Waals surface area contributed by atoms with Crippen LogP contribution in [0, 0.1) is 6.92 Å². The molecule has 4 heterocycles. The highest BCUT2D eigenvalue weighted by atomic mass is 16.7. The summed E-state index contributed by atoms with van der Waals surface area (Å²) in [5, 5.41) is 8.48. The Morgan fingerprint density at radius 3 is 2.63 bits per heavy atom. The second-order valence-corrected chi connectivity index (χ2v) is 7.27. The van der Waals surface area contributed by atoms with E-state index < -0.39 is 5.79 Å². The van der Waals surface area contributed by atoms with Gasteiger partial charge in [0.25, 0.3) is 0 Å². The van der Waals surface area contributed by atoms with Crippen molar-refractivity contribution in [2.24, 2.45) is 0 Å². The van der Waals surface area contributed by atoms with E-state index in [9.17, 15) is 0 Å². The van der Waals surface area contributed by atoms with Gasteiger partial charge in [-0.2, -0.15) is 4.98 Å². The van der Waals surface area contributed by atoms with Crippen LogP contribution in [0.2, 0.25) is 0 Å². The number of hydrogen-bond acceptors (Lipinski definition) is 9. The van der Waals surface area contributed by atoms with Crippen molar-refractivity contribution in [3.63, 3.8) is 0 Å². The fourth-order valence-electron chi connectivity index (χ4n) is 2.87. The van der Waals surface area contributed by atoms with E-state index in [0.29, 0.717) is 35.8 Å². The maximum atomic E-state index is 5.93. The zero-order valence-electron chi connectivity index (χ0n) is 17.3. The van der Waals surface area contributed by atoms with Crippen LogP contribution < -0.4 is 5.73 Å². The van der Waals surface area contributed by atoms with E-state index >= 15 is 0 Å². The van der Waals surface area contributed by atoms with Gasteiger partial charge >= 0.3 is 0 Å². The summed E-state index contributed by atoms with van der Waals surface area (Å²) >= 11 is 0. The molecule has 0 saturated carbocycles. The third-order valence-corrected chi connectivity index (χ3v) is 4.59. The lowest BCUT2D eigenvalue weighted by Crippen LogP contribution is -2.26. The number of nitrogen functional groups attached to an aromatic ring is 1. The van der Waals surface area contributed by atoms with Gasteiger partial charge in [0.15, 0.2) is 22.7 Å². The van der Waals surface area contributed by atoms with Crippen molar-refractivity contribution >= 4 is 17.1 Å². The van der Waals surface area contributed by atoms with E-state index in [2.05, 4.69) is 25.3 Å². The standard InChI is InChI=1S/C20H23N7O3/c1-12-8-9-15(30-12)16-17-18(24-19(21)23-16)27(26-25-17)10-13-6-5-7-14(22-13)11-29-20(2,3)28-4/h5-9H,10-11H2,1-4H3,(H2,21,23,24). The molecule has 156 valence electrons. The molecule has 0 atom stereocenters. The fourth-order valence-corrected chi connectivity index (χ4v) is 2.87. The second-order valence-electron chi connectivity index (χ2n) is 7.27. The normalized spacial score (nSPS) is 12.0. The number of hydrogen-bond donors (Lipinski definition) is 1. The van der Waals surface area contributed by atoms with Crippen LogP contribution in [0.4, 0.5) is 5.95 Å². The monoisotopic (exact) mass is 409 g/mol. The Labute approximate surface area is 173 Å². The highest BCUT2D eigenvalue weighted by Gasteiger charge is 2.19. The quantitative estimate of drug-likeness (QED) is 0.458. The number of rotatable bonds is 7. The van der Waals surface area contributed by atoms with Crippen LogP contribution in [0.1, 0.15) is 31.0 Å². The minimum Gasteiger partial charge on any atom is -0.460 e. The van der Waals surface area contributed by atoms with E-state index in [1.807, 2.05) is 51.1 Å². The fraction of sp³-hybridized carbons (Fsp3) is 0.350. The Hall–Kier alpha value is -3.37. The third-order valence-electron chi connectivity index (χ3n) is 4.59. The SMILES string of the molecule is COC(C)(C)OCc1cccc(Cn2nnc3c(-c4ccc(C)o4)nc(N)nc32)n1. The van der Waals surface area contributed by atoms with Gasteiger partial charge in [0.05, 0.1) is 24.5 Å².